The van der Waals surface area contributed by atoms with E-state index in [4.69, 9.17) is 11.6 Å². The first-order valence-corrected chi connectivity index (χ1v) is 6.92. The molecule has 1 nitrogen and oxygen atoms in total. The van der Waals surface area contributed by atoms with Gasteiger partial charge in [0.25, 0.3) is 0 Å². The van der Waals surface area contributed by atoms with E-state index >= 15 is 0 Å². The van der Waals surface area contributed by atoms with Crippen LogP contribution in [0, 0.1) is 6.92 Å². The second-order valence-electron chi connectivity index (χ2n) is 4.16. The summed E-state index contributed by atoms with van der Waals surface area (Å²) in [5, 5.41) is 6.24. The minimum absolute atomic E-state index is 0.296. The van der Waals surface area contributed by atoms with Gasteiger partial charge in [0.1, 0.15) is 0 Å². The van der Waals surface area contributed by atoms with Gasteiger partial charge in [0.05, 0.1) is 5.02 Å². The summed E-state index contributed by atoms with van der Waals surface area (Å²) in [6, 6.07) is 10.9. The summed E-state index contributed by atoms with van der Waals surface area (Å²) >= 11 is 7.89. The second-order valence-corrected chi connectivity index (χ2v) is 5.52. The molecular formula is C14H16ClNS. The Hall–Kier alpha value is -0.830. The number of hydrogen-bond donors (Lipinski definition) is 1. The van der Waals surface area contributed by atoms with Gasteiger partial charge in [-0.1, -0.05) is 41.4 Å². The zero-order valence-corrected chi connectivity index (χ0v) is 11.6. The topological polar surface area (TPSA) is 12.0 Å². The summed E-state index contributed by atoms with van der Waals surface area (Å²) in [5.41, 5.74) is 2.63. The Morgan fingerprint density at radius 2 is 1.94 bits per heavy atom. The van der Waals surface area contributed by atoms with Crippen LogP contribution in [0.25, 0.3) is 0 Å². The Bertz CT molecular complexity index is 475. The number of nitrogens with one attached hydrogen (secondary N) is 1. The van der Waals surface area contributed by atoms with Gasteiger partial charge in [-0.2, -0.15) is 0 Å². The normalized spacial score (nSPS) is 12.6. The number of aryl methyl sites for hydroxylation is 1. The molecule has 0 fully saturated rings. The molecule has 1 heterocycles. The number of benzene rings is 1. The summed E-state index contributed by atoms with van der Waals surface area (Å²) in [5.74, 6) is 0. The minimum atomic E-state index is 0.296. The molecule has 3 heteroatoms. The maximum atomic E-state index is 6.18. The average molecular weight is 266 g/mol. The van der Waals surface area contributed by atoms with Crippen molar-refractivity contribution in [1.29, 1.82) is 0 Å². The predicted molar refractivity (Wildman–Crippen MR) is 76.0 cm³/mol. The lowest BCUT2D eigenvalue weighted by Crippen LogP contribution is -2.18. The zero-order chi connectivity index (χ0) is 12.3. The van der Waals surface area contributed by atoms with E-state index < -0.39 is 0 Å². The van der Waals surface area contributed by atoms with E-state index in [2.05, 4.69) is 36.5 Å². The van der Waals surface area contributed by atoms with Crippen molar-refractivity contribution in [2.24, 2.45) is 0 Å². The predicted octanol–water partition coefficient (Wildman–Crippen LogP) is 4.21. The highest BCUT2D eigenvalue weighted by atomic mass is 35.5. The van der Waals surface area contributed by atoms with Crippen molar-refractivity contribution in [3.05, 3.63) is 56.7 Å². The largest absolute Gasteiger partial charge is 0.312 e. The molecule has 1 unspecified atom stereocenters. The van der Waals surface area contributed by atoms with Gasteiger partial charge in [0.15, 0.2) is 0 Å². The molecule has 1 aromatic heterocycles. The van der Waals surface area contributed by atoms with E-state index in [1.54, 1.807) is 11.3 Å². The summed E-state index contributed by atoms with van der Waals surface area (Å²) in [6.07, 6.45) is 0.969. The highest BCUT2D eigenvalue weighted by Gasteiger charge is 2.14. The van der Waals surface area contributed by atoms with Gasteiger partial charge >= 0.3 is 0 Å². The lowest BCUT2D eigenvalue weighted by molar-refractivity contribution is 0.602. The van der Waals surface area contributed by atoms with Crippen LogP contribution in [0.5, 0.6) is 0 Å². The van der Waals surface area contributed by atoms with Crippen molar-refractivity contribution >= 4 is 22.9 Å². The average Bonchev–Trinajstić information content (AvgIpc) is 2.75. The lowest BCUT2D eigenvalue weighted by atomic mass is 10.0. The highest BCUT2D eigenvalue weighted by molar-refractivity contribution is 7.10. The first-order valence-electron chi connectivity index (χ1n) is 5.66. The molecule has 0 radical (unpaired) electrons. The van der Waals surface area contributed by atoms with Crippen molar-refractivity contribution in [3.63, 3.8) is 0 Å². The van der Waals surface area contributed by atoms with Gasteiger partial charge in [-0.05, 0) is 37.4 Å². The quantitative estimate of drug-likeness (QED) is 0.873. The van der Waals surface area contributed by atoms with Crippen LogP contribution in [0.1, 0.15) is 22.0 Å². The minimum Gasteiger partial charge on any atom is -0.312 e. The van der Waals surface area contributed by atoms with E-state index in [1.165, 1.54) is 16.0 Å². The third kappa shape index (κ3) is 3.09. The van der Waals surface area contributed by atoms with Crippen molar-refractivity contribution in [3.8, 4) is 0 Å². The van der Waals surface area contributed by atoms with Crippen molar-refractivity contribution in [2.75, 3.05) is 7.05 Å². The third-order valence-corrected chi connectivity index (χ3v) is 4.34. The molecule has 0 amide bonds. The summed E-state index contributed by atoms with van der Waals surface area (Å²) in [7, 11) is 1.98. The molecule has 0 saturated heterocycles. The Labute approximate surface area is 111 Å². The van der Waals surface area contributed by atoms with Crippen LogP contribution in [-0.4, -0.2) is 7.05 Å². The number of likely N-dealkylation sites (N-methyl/N-ethyl adjacent to an activating group) is 1. The number of thiophene rings is 1. The lowest BCUT2D eigenvalue weighted by Gasteiger charge is -2.15. The molecule has 0 spiro atoms. The number of rotatable bonds is 4. The fraction of sp³-hybridized carbons (Fsp3) is 0.286. The third-order valence-electron chi connectivity index (χ3n) is 2.87. The molecule has 0 aliphatic rings. The van der Waals surface area contributed by atoms with Crippen LogP contribution >= 0.6 is 22.9 Å². The number of hydrogen-bond acceptors (Lipinski definition) is 2. The first-order chi connectivity index (χ1) is 8.20. The van der Waals surface area contributed by atoms with Gasteiger partial charge in [-0.25, -0.2) is 0 Å². The van der Waals surface area contributed by atoms with E-state index in [-0.39, 0.29) is 0 Å². The van der Waals surface area contributed by atoms with Gasteiger partial charge in [-0.3, -0.25) is 0 Å². The second kappa shape index (κ2) is 5.67. The number of halogens is 1. The van der Waals surface area contributed by atoms with Crippen LogP contribution in [-0.2, 0) is 6.42 Å². The fourth-order valence-electron chi connectivity index (χ4n) is 1.84. The van der Waals surface area contributed by atoms with Gasteiger partial charge < -0.3 is 5.32 Å². The summed E-state index contributed by atoms with van der Waals surface area (Å²) in [6.45, 7) is 2.11. The zero-order valence-electron chi connectivity index (χ0n) is 10.0. The van der Waals surface area contributed by atoms with E-state index in [9.17, 15) is 0 Å². The van der Waals surface area contributed by atoms with Gasteiger partial charge in [-0.15, -0.1) is 11.3 Å². The molecule has 0 aliphatic carbocycles. The Kier molecular flexibility index (Phi) is 4.21. The molecule has 1 aromatic carbocycles. The maximum Gasteiger partial charge on any atom is 0.0561 e. The van der Waals surface area contributed by atoms with Gasteiger partial charge in [0, 0.05) is 10.9 Å². The molecule has 0 aliphatic heterocycles. The van der Waals surface area contributed by atoms with Crippen LogP contribution in [0.3, 0.4) is 0 Å². The molecule has 2 aromatic rings. The molecule has 2 rings (SSSR count). The Morgan fingerprint density at radius 1 is 1.24 bits per heavy atom. The van der Waals surface area contributed by atoms with Crippen LogP contribution in [0.4, 0.5) is 0 Å². The van der Waals surface area contributed by atoms with Crippen molar-refractivity contribution in [2.45, 2.75) is 19.4 Å². The highest BCUT2D eigenvalue weighted by Crippen LogP contribution is 2.30. The molecule has 1 atom stereocenters. The summed E-state index contributed by atoms with van der Waals surface area (Å²) in [4.78, 5) is 1.22. The summed E-state index contributed by atoms with van der Waals surface area (Å²) < 4.78 is 0. The molecule has 0 bridgehead atoms. The smallest absolute Gasteiger partial charge is 0.0561 e. The van der Waals surface area contributed by atoms with Crippen molar-refractivity contribution < 1.29 is 0 Å². The molecule has 17 heavy (non-hydrogen) atoms. The van der Waals surface area contributed by atoms with Crippen LogP contribution in [0.2, 0.25) is 5.02 Å². The van der Waals surface area contributed by atoms with E-state index in [0.717, 1.165) is 11.4 Å². The van der Waals surface area contributed by atoms with Crippen LogP contribution < -0.4 is 5.32 Å². The van der Waals surface area contributed by atoms with E-state index in [1.807, 2.05) is 18.5 Å². The fourth-order valence-corrected chi connectivity index (χ4v) is 3.14. The monoisotopic (exact) mass is 265 g/mol. The molecule has 1 N–H and O–H groups in total. The molecule has 0 saturated carbocycles. The molecular weight excluding hydrogens is 250 g/mol. The Balaban J connectivity index is 2.16. The SMILES string of the molecule is CNC(Cc1ccc(C)cc1)c1sccc1Cl. The van der Waals surface area contributed by atoms with E-state index in [0.29, 0.717) is 6.04 Å². The maximum absolute atomic E-state index is 6.18. The Morgan fingerprint density at radius 3 is 2.47 bits per heavy atom. The van der Waals surface area contributed by atoms with Crippen LogP contribution in [0.15, 0.2) is 35.7 Å². The van der Waals surface area contributed by atoms with Gasteiger partial charge in [0.2, 0.25) is 0 Å². The first kappa shape index (κ1) is 12.6. The van der Waals surface area contributed by atoms with Crippen molar-refractivity contribution in [1.82, 2.24) is 5.32 Å². The standard InChI is InChI=1S/C14H16ClNS/c1-10-3-5-11(6-4-10)9-13(16-2)14-12(15)7-8-17-14/h3-8,13,16H,9H2,1-2H3. The molecule has 90 valence electrons.